The van der Waals surface area contributed by atoms with E-state index in [0.29, 0.717) is 36.6 Å². The van der Waals surface area contributed by atoms with Gasteiger partial charge in [-0.25, -0.2) is 4.39 Å². The molecule has 0 aliphatic heterocycles. The van der Waals surface area contributed by atoms with Crippen molar-refractivity contribution in [3.05, 3.63) is 57.8 Å². The van der Waals surface area contributed by atoms with Crippen LogP contribution in [0.25, 0.3) is 0 Å². The summed E-state index contributed by atoms with van der Waals surface area (Å²) >= 11 is 3.51. The Morgan fingerprint density at radius 3 is 2.48 bits per heavy atom. The highest BCUT2D eigenvalue weighted by molar-refractivity contribution is 9.10. The number of hydrogen-bond donors (Lipinski definition) is 2. The fraction of sp³-hybridized carbons (Fsp3) is 0.409. The van der Waals surface area contributed by atoms with Gasteiger partial charge in [0.05, 0.1) is 6.61 Å². The van der Waals surface area contributed by atoms with Gasteiger partial charge in [0.2, 0.25) is 0 Å². The van der Waals surface area contributed by atoms with E-state index in [1.54, 1.807) is 24.3 Å². The van der Waals surface area contributed by atoms with Crippen molar-refractivity contribution in [3.63, 3.8) is 0 Å². The smallest absolute Gasteiger partial charge is 0.320 e. The molecule has 0 bridgehead atoms. The summed E-state index contributed by atoms with van der Waals surface area (Å²) in [4.78, 5) is 11.5. The molecule has 0 saturated heterocycles. The Kier molecular flexibility index (Phi) is 8.92. The molecular weight excluding hydrogens is 441 g/mol. The lowest BCUT2D eigenvalue weighted by atomic mass is 10.0. The van der Waals surface area contributed by atoms with Crippen LogP contribution in [-0.2, 0) is 17.9 Å². The van der Waals surface area contributed by atoms with Crippen LogP contribution in [0.15, 0.2) is 40.9 Å². The Balaban J connectivity index is 2.16. The summed E-state index contributed by atoms with van der Waals surface area (Å²) in [5.74, 6) is 0.0855. The van der Waals surface area contributed by atoms with Crippen LogP contribution in [0.5, 0.6) is 11.5 Å². The van der Waals surface area contributed by atoms with Gasteiger partial charge in [-0.05, 0) is 43.0 Å². The van der Waals surface area contributed by atoms with Gasteiger partial charge in [0.15, 0.2) is 11.5 Å². The number of rotatable bonds is 11. The van der Waals surface area contributed by atoms with Crippen LogP contribution in [0.3, 0.4) is 0 Å². The van der Waals surface area contributed by atoms with Gasteiger partial charge in [0.1, 0.15) is 18.5 Å². The van der Waals surface area contributed by atoms with Crippen molar-refractivity contribution >= 4 is 21.9 Å². The number of hydrogen-bond acceptors (Lipinski definition) is 4. The van der Waals surface area contributed by atoms with Crippen LogP contribution < -0.4 is 14.8 Å². The second kappa shape index (κ2) is 11.2. The van der Waals surface area contributed by atoms with Crippen LogP contribution in [0.2, 0.25) is 0 Å². The van der Waals surface area contributed by atoms with Gasteiger partial charge in [0.25, 0.3) is 0 Å². The average molecular weight is 468 g/mol. The quantitative estimate of drug-likeness (QED) is 0.477. The summed E-state index contributed by atoms with van der Waals surface area (Å²) < 4.78 is 26.1. The van der Waals surface area contributed by atoms with E-state index < -0.39 is 12.0 Å². The van der Waals surface area contributed by atoms with Gasteiger partial charge in [0, 0.05) is 16.6 Å². The number of halogens is 2. The second-order valence-corrected chi connectivity index (χ2v) is 7.96. The molecule has 1 atom stereocenters. The summed E-state index contributed by atoms with van der Waals surface area (Å²) in [6.07, 6.45) is 0.537. The van der Waals surface area contributed by atoms with Crippen molar-refractivity contribution in [1.82, 2.24) is 5.32 Å². The van der Waals surface area contributed by atoms with Gasteiger partial charge in [-0.3, -0.25) is 4.79 Å². The van der Waals surface area contributed by atoms with Crippen molar-refractivity contribution in [1.29, 1.82) is 0 Å². The van der Waals surface area contributed by atoms with Crippen molar-refractivity contribution in [2.45, 2.75) is 46.4 Å². The largest absolute Gasteiger partial charge is 0.490 e. The topological polar surface area (TPSA) is 67.8 Å². The Bertz CT molecular complexity index is 828. The Hall–Kier alpha value is -2.12. The molecule has 5 nitrogen and oxygen atoms in total. The molecule has 0 radical (unpaired) electrons. The highest BCUT2D eigenvalue weighted by Gasteiger charge is 2.19. The maximum absolute atomic E-state index is 13.8. The average Bonchev–Trinajstić information content (AvgIpc) is 2.66. The third kappa shape index (κ3) is 7.01. The van der Waals surface area contributed by atoms with E-state index in [-0.39, 0.29) is 18.3 Å². The van der Waals surface area contributed by atoms with E-state index in [4.69, 9.17) is 9.47 Å². The minimum atomic E-state index is -0.871. The number of carboxylic acid groups (broad SMARTS) is 1. The molecule has 2 aromatic carbocycles. The third-order valence-corrected chi connectivity index (χ3v) is 5.04. The molecule has 1 unspecified atom stereocenters. The summed E-state index contributed by atoms with van der Waals surface area (Å²) in [5.41, 5.74) is 1.30. The lowest BCUT2D eigenvalue weighted by Crippen LogP contribution is -2.37. The first-order valence-corrected chi connectivity index (χ1v) is 10.4. The molecule has 7 heteroatoms. The fourth-order valence-electron chi connectivity index (χ4n) is 2.84. The highest BCUT2D eigenvalue weighted by atomic mass is 79.9. The zero-order valence-corrected chi connectivity index (χ0v) is 18.5. The molecule has 2 aromatic rings. The molecule has 0 heterocycles. The molecule has 29 heavy (non-hydrogen) atoms. The van der Waals surface area contributed by atoms with Crippen LogP contribution in [0, 0.1) is 11.7 Å². The summed E-state index contributed by atoms with van der Waals surface area (Å²) in [7, 11) is 0. The minimum absolute atomic E-state index is 0.0757. The first kappa shape index (κ1) is 23.2. The number of carboxylic acids is 1. The van der Waals surface area contributed by atoms with Crippen LogP contribution in [0.4, 0.5) is 4.39 Å². The maximum atomic E-state index is 13.8. The fourth-order valence-corrected chi connectivity index (χ4v) is 3.30. The molecule has 0 aliphatic rings. The van der Waals surface area contributed by atoms with Crippen molar-refractivity contribution in [2.24, 2.45) is 5.92 Å². The van der Waals surface area contributed by atoms with Gasteiger partial charge in [-0.15, -0.1) is 0 Å². The van der Waals surface area contributed by atoms with Crippen LogP contribution in [0.1, 0.15) is 38.3 Å². The van der Waals surface area contributed by atoms with E-state index in [9.17, 15) is 14.3 Å². The number of carbonyl (C=O) groups is 1. The zero-order valence-electron chi connectivity index (χ0n) is 16.9. The standard InChI is InChI=1S/C22H27BrFNO4/c1-4-28-20-10-16(12-25-19(22(26)27)9-14(2)3)17(23)11-21(20)29-13-15-7-5-6-8-18(15)24/h5-8,10-11,14,19,25H,4,9,12-13H2,1-3H3,(H,26,27). The number of benzene rings is 2. The van der Waals surface area contributed by atoms with E-state index in [1.165, 1.54) is 6.07 Å². The number of ether oxygens (including phenoxy) is 2. The zero-order chi connectivity index (χ0) is 21.4. The lowest BCUT2D eigenvalue weighted by molar-refractivity contribution is -0.140. The Labute approximate surface area is 179 Å². The molecule has 0 fully saturated rings. The molecule has 2 N–H and O–H groups in total. The predicted octanol–water partition coefficient (Wildman–Crippen LogP) is 5.15. The maximum Gasteiger partial charge on any atom is 0.320 e. The third-order valence-electron chi connectivity index (χ3n) is 4.30. The molecule has 158 valence electrons. The van der Waals surface area contributed by atoms with Crippen molar-refractivity contribution in [3.8, 4) is 11.5 Å². The Morgan fingerprint density at radius 1 is 1.17 bits per heavy atom. The molecule has 0 aliphatic carbocycles. The normalized spacial score (nSPS) is 12.1. The van der Waals surface area contributed by atoms with Gasteiger partial charge < -0.3 is 19.9 Å². The lowest BCUT2D eigenvalue weighted by Gasteiger charge is -2.19. The summed E-state index contributed by atoms with van der Waals surface area (Å²) in [6.45, 7) is 6.72. The van der Waals surface area contributed by atoms with Gasteiger partial charge >= 0.3 is 5.97 Å². The number of aliphatic carboxylic acids is 1. The summed E-state index contributed by atoms with van der Waals surface area (Å²) in [6, 6.07) is 9.40. The van der Waals surface area contributed by atoms with Crippen molar-refractivity contribution < 1.29 is 23.8 Å². The summed E-state index contributed by atoms with van der Waals surface area (Å²) in [5, 5.41) is 12.5. The molecular formula is C22H27BrFNO4. The van der Waals surface area contributed by atoms with Crippen molar-refractivity contribution in [2.75, 3.05) is 6.61 Å². The van der Waals surface area contributed by atoms with E-state index in [1.807, 2.05) is 26.8 Å². The molecule has 0 amide bonds. The molecule has 0 aromatic heterocycles. The molecule has 2 rings (SSSR count). The SMILES string of the molecule is CCOc1cc(CNC(CC(C)C)C(=O)O)c(Br)cc1OCc1ccccc1F. The first-order chi connectivity index (χ1) is 13.8. The van der Waals surface area contributed by atoms with Crippen LogP contribution >= 0.6 is 15.9 Å². The monoisotopic (exact) mass is 467 g/mol. The van der Waals surface area contributed by atoms with E-state index in [2.05, 4.69) is 21.2 Å². The van der Waals surface area contributed by atoms with Crippen LogP contribution in [-0.4, -0.2) is 23.7 Å². The second-order valence-electron chi connectivity index (χ2n) is 7.10. The minimum Gasteiger partial charge on any atom is -0.490 e. The van der Waals surface area contributed by atoms with E-state index in [0.717, 1.165) is 10.0 Å². The number of nitrogens with one attached hydrogen (secondary N) is 1. The first-order valence-electron chi connectivity index (χ1n) is 9.59. The van der Waals surface area contributed by atoms with Gasteiger partial charge in [-0.1, -0.05) is 48.0 Å². The highest BCUT2D eigenvalue weighted by Crippen LogP contribution is 2.34. The predicted molar refractivity (Wildman–Crippen MR) is 114 cm³/mol. The van der Waals surface area contributed by atoms with E-state index >= 15 is 0 Å². The Morgan fingerprint density at radius 2 is 1.86 bits per heavy atom. The molecule has 0 saturated carbocycles. The van der Waals surface area contributed by atoms with Gasteiger partial charge in [-0.2, -0.15) is 0 Å². The molecule has 0 spiro atoms.